The summed E-state index contributed by atoms with van der Waals surface area (Å²) in [4.78, 5) is 0. The van der Waals surface area contributed by atoms with Gasteiger partial charge in [0, 0.05) is 0 Å². The van der Waals surface area contributed by atoms with E-state index in [1.807, 2.05) is 10.4 Å². The van der Waals surface area contributed by atoms with Crippen molar-refractivity contribution >= 4 is 52.1 Å². The number of fused-ring (bicyclic) bond motifs is 1. The molecule has 0 saturated carbocycles. The summed E-state index contributed by atoms with van der Waals surface area (Å²) in [7, 11) is -9.55. The van der Waals surface area contributed by atoms with Gasteiger partial charge in [0.1, 0.15) is 0 Å². The maximum absolute atomic E-state index is 2.84. The molecule has 2 fully saturated rings. The van der Waals surface area contributed by atoms with Crippen molar-refractivity contribution in [1.82, 2.24) is 0 Å². The summed E-state index contributed by atoms with van der Waals surface area (Å²) < 4.78 is 0. The van der Waals surface area contributed by atoms with Crippen molar-refractivity contribution in [3.05, 3.63) is 60.7 Å². The lowest BCUT2D eigenvalue weighted by Gasteiger charge is -3.07. The third-order valence-corrected chi connectivity index (χ3v) is 207. The monoisotopic (exact) mass is 779 g/mol. The van der Waals surface area contributed by atoms with Crippen LogP contribution in [0.2, 0.25) is 40.3 Å². The first-order valence-electron chi connectivity index (χ1n) is 20.1. The van der Waals surface area contributed by atoms with E-state index in [4.69, 9.17) is 0 Å². The first-order valence-corrected chi connectivity index (χ1v) is 39.1. The first kappa shape index (κ1) is 42.5. The Bertz CT molecular complexity index is 1310. The molecule has 2 aromatic carbocycles. The van der Waals surface area contributed by atoms with Gasteiger partial charge in [0.2, 0.25) is 0 Å². The zero-order chi connectivity index (χ0) is 39.2. The number of hydrogen-bond acceptors (Lipinski definition) is 0. The van der Waals surface area contributed by atoms with Gasteiger partial charge in [-0.15, -0.1) is 0 Å². The van der Waals surface area contributed by atoms with Gasteiger partial charge in [-0.3, -0.25) is 0 Å². The maximum atomic E-state index is 2.84. The Morgan fingerprint density at radius 1 is 0.240 bits per heavy atom. The summed E-state index contributed by atoms with van der Waals surface area (Å²) in [5, 5.41) is 5.97. The van der Waals surface area contributed by atoms with Gasteiger partial charge in [-0.1, -0.05) is 237 Å². The molecule has 2 aromatic rings. The normalized spacial score (nSPS) is 26.8. The third kappa shape index (κ3) is 3.94. The molecule has 50 heavy (non-hydrogen) atoms. The molecule has 0 radical (unpaired) electrons. The fourth-order valence-corrected chi connectivity index (χ4v) is 431. The van der Waals surface area contributed by atoms with Gasteiger partial charge in [-0.05, 0) is 40.3 Å². The van der Waals surface area contributed by atoms with Gasteiger partial charge < -0.3 is 0 Å². The molecule has 0 unspecified atom stereocenters. The van der Waals surface area contributed by atoms with Crippen LogP contribution in [0.25, 0.3) is 0 Å². The van der Waals surface area contributed by atoms with Gasteiger partial charge in [0.15, 0.2) is 0 Å². The van der Waals surface area contributed by atoms with Crippen molar-refractivity contribution in [2.45, 2.75) is 206 Å². The van der Waals surface area contributed by atoms with E-state index in [1.165, 1.54) is 0 Å². The minimum absolute atomic E-state index is 0.260. The zero-order valence-electron chi connectivity index (χ0n) is 37.8. The van der Waals surface area contributed by atoms with Crippen LogP contribution in [0.1, 0.15) is 166 Å². The molecule has 0 nitrogen and oxygen atoms in total. The lowest BCUT2D eigenvalue weighted by molar-refractivity contribution is 0.584. The second-order valence-corrected chi connectivity index (χ2v) is 93.9. The van der Waals surface area contributed by atoms with Crippen LogP contribution in [-0.2, 0) is 0 Å². The number of benzene rings is 2. The molecule has 0 atom stereocenters. The van der Waals surface area contributed by atoms with Crippen LogP contribution in [0, 0.1) is 0 Å². The molecule has 2 saturated heterocycles. The molecular weight excluding hydrogens is 697 g/mol. The Morgan fingerprint density at radius 3 is 0.500 bits per heavy atom. The lowest BCUT2D eigenvalue weighted by atomic mass is 10.2. The van der Waals surface area contributed by atoms with Gasteiger partial charge in [0.05, 0.1) is 41.7 Å². The minimum Gasteiger partial charge on any atom is -0.0675 e. The van der Waals surface area contributed by atoms with Gasteiger partial charge in [-0.25, -0.2) is 0 Å². The number of hydrogen-bond donors (Lipinski definition) is 0. The average Bonchev–Trinajstić information content (AvgIpc) is 2.83. The summed E-state index contributed by atoms with van der Waals surface area (Å²) in [5.74, 6) is 0. The van der Waals surface area contributed by atoms with Crippen LogP contribution in [-0.4, -0.2) is 41.7 Å². The standard InChI is InChI=1S/C44H82Si6/c1-37(2,3)47(38(4,5)6)45(35-31-27-25-28-32-35)46(36-33-29-26-30-34-36,48(47,39(7,8)9)40(10,11)12)50(43(19,20)21,44(22,23)24)49(45,41(13,14)15)42(16,17)18/h25-34H,1-24H3. The Balaban J connectivity index is 2.85. The summed E-state index contributed by atoms with van der Waals surface area (Å²) in [6.07, 6.45) is 0. The van der Waals surface area contributed by atoms with E-state index in [9.17, 15) is 0 Å². The van der Waals surface area contributed by atoms with Crippen molar-refractivity contribution in [2.24, 2.45) is 0 Å². The lowest BCUT2D eigenvalue weighted by Crippen LogP contribution is -3.37. The molecule has 4 rings (SSSR count). The second-order valence-electron chi connectivity index (χ2n) is 25.2. The SMILES string of the molecule is CC(C)(C)[Si]1(C(C)(C)C)[Si](C(C)(C)C)(C(C)(C)C)[Si]2(c3ccccc3)[Si](C(C)(C)C)(C(C)(C)C)[Si](C(C)(C)C)(C(C)(C)C)[Si]12c1ccccc1. The molecule has 0 N–H and O–H groups in total. The van der Waals surface area contributed by atoms with E-state index in [-0.39, 0.29) is 40.3 Å². The highest BCUT2D eigenvalue weighted by molar-refractivity contribution is 8.49. The van der Waals surface area contributed by atoms with E-state index in [2.05, 4.69) is 227 Å². The minimum atomic E-state index is -2.46. The molecule has 0 spiro atoms. The largest absolute Gasteiger partial charge is 0.0677 e. The highest BCUT2D eigenvalue weighted by atomic mass is 30.6. The molecule has 6 heteroatoms. The Morgan fingerprint density at radius 2 is 0.380 bits per heavy atom. The highest BCUT2D eigenvalue weighted by Crippen LogP contribution is 2.93. The quantitative estimate of drug-likeness (QED) is 0.266. The van der Waals surface area contributed by atoms with E-state index in [0.29, 0.717) is 0 Å². The molecule has 0 bridgehead atoms. The Kier molecular flexibility index (Phi) is 9.49. The summed E-state index contributed by atoms with van der Waals surface area (Å²) in [6, 6.07) is 25.9. The van der Waals surface area contributed by atoms with Crippen molar-refractivity contribution in [3.63, 3.8) is 0 Å². The summed E-state index contributed by atoms with van der Waals surface area (Å²) in [5.41, 5.74) is 0. The van der Waals surface area contributed by atoms with Gasteiger partial charge in [0.25, 0.3) is 0 Å². The van der Waals surface area contributed by atoms with Crippen LogP contribution in [0.4, 0.5) is 0 Å². The van der Waals surface area contributed by atoms with Crippen molar-refractivity contribution in [1.29, 1.82) is 0 Å². The van der Waals surface area contributed by atoms with Crippen molar-refractivity contribution in [2.75, 3.05) is 0 Å². The maximum Gasteiger partial charge on any atom is 0.0677 e. The molecule has 2 aliphatic heterocycles. The van der Waals surface area contributed by atoms with Crippen LogP contribution in [0.5, 0.6) is 0 Å². The van der Waals surface area contributed by atoms with E-state index >= 15 is 0 Å². The Hall–Kier alpha value is -0.259. The molecule has 2 heterocycles. The first-order chi connectivity index (χ1) is 22.0. The van der Waals surface area contributed by atoms with Gasteiger partial charge in [-0.2, -0.15) is 0 Å². The zero-order valence-corrected chi connectivity index (χ0v) is 43.8. The predicted octanol–water partition coefficient (Wildman–Crippen LogP) is 13.5. The van der Waals surface area contributed by atoms with Crippen molar-refractivity contribution < 1.29 is 0 Å². The molecular formula is C44H82Si6. The second kappa shape index (κ2) is 11.2. The molecule has 2 aliphatic rings. The van der Waals surface area contributed by atoms with Crippen LogP contribution < -0.4 is 10.4 Å². The van der Waals surface area contributed by atoms with Gasteiger partial charge >= 0.3 is 0 Å². The fourth-order valence-electron chi connectivity index (χ4n) is 18.9. The van der Waals surface area contributed by atoms with E-state index < -0.39 is 41.7 Å². The molecule has 282 valence electrons. The predicted molar refractivity (Wildman–Crippen MR) is 244 cm³/mol. The average molecular weight is 780 g/mol. The topological polar surface area (TPSA) is 0 Å². The highest BCUT2D eigenvalue weighted by Gasteiger charge is 3.15. The third-order valence-electron chi connectivity index (χ3n) is 15.4. The smallest absolute Gasteiger partial charge is 0.0675 e. The van der Waals surface area contributed by atoms with E-state index in [0.717, 1.165) is 0 Å². The summed E-state index contributed by atoms with van der Waals surface area (Å²) in [6.45, 7) is 63.2. The Labute approximate surface area is 317 Å². The van der Waals surface area contributed by atoms with Crippen LogP contribution >= 0.6 is 0 Å². The molecule has 0 aliphatic carbocycles. The van der Waals surface area contributed by atoms with Crippen molar-refractivity contribution in [3.8, 4) is 0 Å². The molecule has 0 aromatic heterocycles. The molecule has 0 amide bonds. The van der Waals surface area contributed by atoms with Crippen LogP contribution in [0.15, 0.2) is 60.7 Å². The summed E-state index contributed by atoms with van der Waals surface area (Å²) >= 11 is 0. The van der Waals surface area contributed by atoms with E-state index in [1.54, 1.807) is 0 Å². The number of rotatable bonds is 2. The van der Waals surface area contributed by atoms with Crippen LogP contribution in [0.3, 0.4) is 0 Å². The fraction of sp³-hybridized carbons (Fsp3) is 0.727.